The molecule has 0 N–H and O–H groups in total. The molecule has 4 aromatic rings. The fraction of sp³-hybridized carbons (Fsp3) is 0.375. The summed E-state index contributed by atoms with van der Waals surface area (Å²) in [5.41, 5.74) is 6.10. The molecule has 5 nitrogen and oxygen atoms in total. The molecule has 4 heterocycles. The van der Waals surface area contributed by atoms with Crippen LogP contribution in [-0.4, -0.2) is 52.7 Å². The van der Waals surface area contributed by atoms with Crippen molar-refractivity contribution >= 4 is 43.9 Å². The molecule has 1 aliphatic rings. The van der Waals surface area contributed by atoms with E-state index >= 15 is 0 Å². The first kappa shape index (κ1) is 20.8. The van der Waals surface area contributed by atoms with Gasteiger partial charge in [-0.15, -0.1) is 11.3 Å². The molecule has 0 aliphatic carbocycles. The average molecular weight is 453 g/mol. The van der Waals surface area contributed by atoms with Gasteiger partial charge in [0, 0.05) is 49.2 Å². The predicted molar refractivity (Wildman–Crippen MR) is 127 cm³/mol. The lowest BCUT2D eigenvalue weighted by molar-refractivity contribution is 0.0384. The van der Waals surface area contributed by atoms with Crippen molar-refractivity contribution in [1.29, 1.82) is 0 Å². The van der Waals surface area contributed by atoms with E-state index in [2.05, 4.69) is 33.9 Å². The average Bonchev–Trinajstić information content (AvgIpc) is 3.28. The maximum Gasteiger partial charge on any atom is 0.103 e. The lowest BCUT2D eigenvalue weighted by Gasteiger charge is -2.26. The Morgan fingerprint density at radius 3 is 2.90 bits per heavy atom. The summed E-state index contributed by atoms with van der Waals surface area (Å²) in [6.45, 7) is 6.75. The minimum absolute atomic E-state index is 0.227. The van der Waals surface area contributed by atoms with Crippen molar-refractivity contribution < 1.29 is 4.74 Å². The van der Waals surface area contributed by atoms with Gasteiger partial charge in [0.15, 0.2) is 0 Å². The maximum absolute atomic E-state index is 6.61. The molecule has 0 unspecified atom stereocenters. The van der Waals surface area contributed by atoms with Gasteiger partial charge in [-0.25, -0.2) is 4.98 Å². The van der Waals surface area contributed by atoms with Gasteiger partial charge in [0.25, 0.3) is 0 Å². The summed E-state index contributed by atoms with van der Waals surface area (Å²) < 4.78 is 6.67. The lowest BCUT2D eigenvalue weighted by atomic mass is 9.97. The molecule has 1 aliphatic heterocycles. The van der Waals surface area contributed by atoms with Crippen LogP contribution in [-0.2, 0) is 17.6 Å². The summed E-state index contributed by atoms with van der Waals surface area (Å²) in [6, 6.07) is 10.3. The number of thiazole rings is 1. The molecule has 5 rings (SSSR count). The number of halogens is 1. The highest BCUT2D eigenvalue weighted by Crippen LogP contribution is 2.31. The Kier molecular flexibility index (Phi) is 6.14. The predicted octanol–water partition coefficient (Wildman–Crippen LogP) is 5.11. The van der Waals surface area contributed by atoms with E-state index in [0.29, 0.717) is 0 Å². The Labute approximate surface area is 191 Å². The number of rotatable bonds is 6. The van der Waals surface area contributed by atoms with Crippen LogP contribution in [0.25, 0.3) is 21.0 Å². The van der Waals surface area contributed by atoms with E-state index in [1.807, 2.05) is 29.9 Å². The Morgan fingerprint density at radius 1 is 1.16 bits per heavy atom. The molecule has 1 aromatic carbocycles. The van der Waals surface area contributed by atoms with Crippen LogP contribution in [0.5, 0.6) is 0 Å². The number of pyridine rings is 2. The van der Waals surface area contributed by atoms with Crippen LogP contribution < -0.4 is 0 Å². The topological polar surface area (TPSA) is 51.1 Å². The van der Waals surface area contributed by atoms with Crippen molar-refractivity contribution in [3.8, 4) is 0 Å². The second-order valence-corrected chi connectivity index (χ2v) is 9.39. The van der Waals surface area contributed by atoms with Crippen molar-refractivity contribution in [1.82, 2.24) is 19.9 Å². The van der Waals surface area contributed by atoms with Gasteiger partial charge in [0.2, 0.25) is 0 Å². The van der Waals surface area contributed by atoms with Gasteiger partial charge in [0.05, 0.1) is 39.8 Å². The summed E-state index contributed by atoms with van der Waals surface area (Å²) in [6.07, 6.45) is 3.56. The molecular formula is C24H25ClN4OS. The van der Waals surface area contributed by atoms with E-state index < -0.39 is 0 Å². The summed E-state index contributed by atoms with van der Waals surface area (Å²) in [4.78, 5) is 16.7. The second-order valence-electron chi connectivity index (χ2n) is 8.10. The van der Waals surface area contributed by atoms with Crippen LogP contribution in [0.3, 0.4) is 0 Å². The summed E-state index contributed by atoms with van der Waals surface area (Å²) in [7, 11) is 0. The highest BCUT2D eigenvalue weighted by molar-refractivity contribution is 7.16. The van der Waals surface area contributed by atoms with E-state index in [0.717, 1.165) is 84.1 Å². The highest BCUT2D eigenvalue weighted by Gasteiger charge is 2.18. The Balaban J connectivity index is 1.46. The second kappa shape index (κ2) is 9.17. The van der Waals surface area contributed by atoms with E-state index in [9.17, 15) is 0 Å². The fourth-order valence-corrected chi connectivity index (χ4v) is 5.27. The summed E-state index contributed by atoms with van der Waals surface area (Å²) >= 11 is 8.26. The highest BCUT2D eigenvalue weighted by atomic mass is 35.5. The first-order chi connectivity index (χ1) is 15.2. The number of fused-ring (bicyclic) bond motifs is 2. The quantitative estimate of drug-likeness (QED) is 0.406. The van der Waals surface area contributed by atoms with Crippen molar-refractivity contribution in [2.75, 3.05) is 32.8 Å². The van der Waals surface area contributed by atoms with E-state index in [1.165, 1.54) is 4.70 Å². The normalized spacial score (nSPS) is 16.2. The zero-order valence-corrected chi connectivity index (χ0v) is 19.1. The van der Waals surface area contributed by atoms with Crippen LogP contribution in [0, 0.1) is 0 Å². The zero-order chi connectivity index (χ0) is 21.2. The van der Waals surface area contributed by atoms with Gasteiger partial charge in [-0.1, -0.05) is 30.7 Å². The lowest BCUT2D eigenvalue weighted by Crippen LogP contribution is -2.37. The van der Waals surface area contributed by atoms with E-state index in [4.69, 9.17) is 21.3 Å². The van der Waals surface area contributed by atoms with Gasteiger partial charge >= 0.3 is 0 Å². The molecular weight excluding hydrogens is 428 g/mol. The molecule has 1 atom stereocenters. The molecule has 0 spiro atoms. The third kappa shape index (κ3) is 4.44. The number of aromatic nitrogens is 3. The molecule has 0 bridgehead atoms. The van der Waals surface area contributed by atoms with Crippen molar-refractivity contribution in [3.63, 3.8) is 0 Å². The van der Waals surface area contributed by atoms with Crippen molar-refractivity contribution in [3.05, 3.63) is 64.1 Å². The fourth-order valence-electron chi connectivity index (χ4n) is 4.28. The number of morpholine rings is 1. The first-order valence-electron chi connectivity index (χ1n) is 10.7. The molecule has 160 valence electrons. The molecule has 0 radical (unpaired) electrons. The van der Waals surface area contributed by atoms with E-state index in [-0.39, 0.29) is 5.92 Å². The van der Waals surface area contributed by atoms with Gasteiger partial charge in [-0.05, 0) is 30.0 Å². The summed E-state index contributed by atoms with van der Waals surface area (Å²) in [5, 5.41) is 3.00. The monoisotopic (exact) mass is 452 g/mol. The standard InChI is InChI=1S/C24H25ClN4OS/c1-16(13-21-24-22(5-7-26-21)31-15-27-24)20-14-17-3-2-4-18(25)23(17)19(28-20)6-8-29-9-11-30-12-10-29/h2-5,7,14-16H,6,8-13H2,1H3/t16-/m1/s1. The molecule has 1 saturated heterocycles. The van der Waals surface area contributed by atoms with Crippen molar-refractivity contribution in [2.24, 2.45) is 0 Å². The number of hydrogen-bond acceptors (Lipinski definition) is 6. The zero-order valence-electron chi connectivity index (χ0n) is 17.6. The molecule has 1 fully saturated rings. The third-order valence-corrected chi connectivity index (χ3v) is 7.11. The van der Waals surface area contributed by atoms with Crippen LogP contribution >= 0.6 is 22.9 Å². The van der Waals surface area contributed by atoms with Crippen LogP contribution in [0.2, 0.25) is 5.02 Å². The number of benzene rings is 1. The maximum atomic E-state index is 6.61. The van der Waals surface area contributed by atoms with Crippen LogP contribution in [0.4, 0.5) is 0 Å². The SMILES string of the molecule is C[C@H](Cc1nccc2scnc12)c1cc2cccc(Cl)c2c(CCN2CCOCC2)n1. The van der Waals surface area contributed by atoms with E-state index in [1.54, 1.807) is 11.3 Å². The Morgan fingerprint density at radius 2 is 2.03 bits per heavy atom. The molecule has 31 heavy (non-hydrogen) atoms. The van der Waals surface area contributed by atoms with Gasteiger partial charge in [-0.3, -0.25) is 14.9 Å². The third-order valence-electron chi connectivity index (χ3n) is 6.00. The number of ether oxygens (including phenoxy) is 1. The minimum atomic E-state index is 0.227. The van der Waals surface area contributed by atoms with Gasteiger partial charge in [0.1, 0.15) is 5.52 Å². The summed E-state index contributed by atoms with van der Waals surface area (Å²) in [5.74, 6) is 0.227. The largest absolute Gasteiger partial charge is 0.379 e. The number of hydrogen-bond donors (Lipinski definition) is 0. The smallest absolute Gasteiger partial charge is 0.103 e. The number of nitrogens with zero attached hydrogens (tertiary/aromatic N) is 4. The molecule has 0 amide bonds. The Hall–Kier alpha value is -2.12. The minimum Gasteiger partial charge on any atom is -0.379 e. The van der Waals surface area contributed by atoms with Crippen molar-refractivity contribution in [2.45, 2.75) is 25.7 Å². The molecule has 7 heteroatoms. The van der Waals surface area contributed by atoms with Crippen LogP contribution in [0.1, 0.15) is 29.9 Å². The Bertz CT molecular complexity index is 1200. The van der Waals surface area contributed by atoms with Gasteiger partial charge in [-0.2, -0.15) is 0 Å². The first-order valence-corrected chi connectivity index (χ1v) is 12.0. The van der Waals surface area contributed by atoms with Gasteiger partial charge < -0.3 is 4.74 Å². The molecule has 0 saturated carbocycles. The molecule has 3 aromatic heterocycles. The van der Waals surface area contributed by atoms with Crippen LogP contribution in [0.15, 0.2) is 42.0 Å².